The lowest BCUT2D eigenvalue weighted by Gasteiger charge is -2.34. The van der Waals surface area contributed by atoms with Crippen LogP contribution in [0.25, 0.3) is 0 Å². The predicted molar refractivity (Wildman–Crippen MR) is 97.2 cm³/mol. The Labute approximate surface area is 144 Å². The van der Waals surface area contributed by atoms with E-state index in [0.717, 1.165) is 0 Å². The lowest BCUT2D eigenvalue weighted by molar-refractivity contribution is -0.0623. The van der Waals surface area contributed by atoms with Gasteiger partial charge in [0.05, 0.1) is 11.6 Å². The Morgan fingerprint density at radius 1 is 1.08 bits per heavy atom. The Balaban J connectivity index is 1.87. The molecule has 1 aliphatic heterocycles. The van der Waals surface area contributed by atoms with Crippen LogP contribution in [0.3, 0.4) is 0 Å². The number of benzene rings is 2. The average Bonchev–Trinajstić information content (AvgIpc) is 2.59. The molecule has 0 radical (unpaired) electrons. The number of ether oxygens (including phenoxy) is 1. The smallest absolute Gasteiger partial charge is 0.0815 e. The van der Waals surface area contributed by atoms with Crippen molar-refractivity contribution in [2.75, 3.05) is 19.8 Å². The maximum Gasteiger partial charge on any atom is 0.0815 e. The Hall–Kier alpha value is -1.68. The zero-order chi connectivity index (χ0) is 17.0. The summed E-state index contributed by atoms with van der Waals surface area (Å²) in [4.78, 5) is 0. The molecule has 0 aromatic heterocycles. The molecular formula is C21H27NO2. The fourth-order valence-corrected chi connectivity index (χ4v) is 3.34. The standard InChI is InChI=1S/C21H27NO2/c1-16-8-9-17(2)19(14-16)20(18-6-4-3-5-7-18)22-15-21(23)10-12-24-13-11-21/h3-9,14,20,22-23H,10-13,15H2,1-2H3. The molecule has 0 saturated carbocycles. The van der Waals surface area contributed by atoms with Gasteiger partial charge in [0.25, 0.3) is 0 Å². The maximum atomic E-state index is 10.8. The van der Waals surface area contributed by atoms with Gasteiger partial charge in [0.15, 0.2) is 0 Å². The Morgan fingerprint density at radius 2 is 1.79 bits per heavy atom. The molecule has 1 aliphatic rings. The molecule has 2 aromatic rings. The summed E-state index contributed by atoms with van der Waals surface area (Å²) in [5.74, 6) is 0. The SMILES string of the molecule is Cc1ccc(C)c(C(NCC2(O)CCOCC2)c2ccccc2)c1. The Bertz CT molecular complexity index is 663. The first kappa shape index (κ1) is 17.2. The van der Waals surface area contributed by atoms with Crippen LogP contribution >= 0.6 is 0 Å². The van der Waals surface area contributed by atoms with E-state index in [9.17, 15) is 5.11 Å². The summed E-state index contributed by atoms with van der Waals surface area (Å²) in [6, 6.07) is 17.1. The number of nitrogens with one attached hydrogen (secondary N) is 1. The van der Waals surface area contributed by atoms with Crippen LogP contribution in [0.15, 0.2) is 48.5 Å². The minimum atomic E-state index is -0.678. The number of hydrogen-bond acceptors (Lipinski definition) is 3. The maximum absolute atomic E-state index is 10.8. The van der Waals surface area contributed by atoms with E-state index < -0.39 is 5.60 Å². The van der Waals surface area contributed by atoms with Gasteiger partial charge in [-0.2, -0.15) is 0 Å². The molecule has 1 unspecified atom stereocenters. The quantitative estimate of drug-likeness (QED) is 0.884. The molecule has 3 heteroatoms. The van der Waals surface area contributed by atoms with Crippen molar-refractivity contribution in [2.24, 2.45) is 0 Å². The monoisotopic (exact) mass is 325 g/mol. The molecule has 0 bridgehead atoms. The second-order valence-electron chi connectivity index (χ2n) is 6.92. The van der Waals surface area contributed by atoms with Crippen LogP contribution in [0, 0.1) is 13.8 Å². The fraction of sp³-hybridized carbons (Fsp3) is 0.429. The van der Waals surface area contributed by atoms with Crippen LogP contribution in [-0.4, -0.2) is 30.5 Å². The highest BCUT2D eigenvalue weighted by Gasteiger charge is 2.31. The van der Waals surface area contributed by atoms with Gasteiger partial charge in [-0.25, -0.2) is 0 Å². The third-order valence-corrected chi connectivity index (χ3v) is 4.94. The molecule has 3 rings (SSSR count). The van der Waals surface area contributed by atoms with Gasteiger partial charge in [-0.1, -0.05) is 54.1 Å². The summed E-state index contributed by atoms with van der Waals surface area (Å²) in [6.07, 6.45) is 1.38. The van der Waals surface area contributed by atoms with Crippen molar-refractivity contribution >= 4 is 0 Å². The minimum Gasteiger partial charge on any atom is -0.388 e. The minimum absolute atomic E-state index is 0.0815. The first-order valence-electron chi connectivity index (χ1n) is 8.73. The lowest BCUT2D eigenvalue weighted by atomic mass is 9.90. The fourth-order valence-electron chi connectivity index (χ4n) is 3.34. The highest BCUT2D eigenvalue weighted by molar-refractivity contribution is 5.39. The summed E-state index contributed by atoms with van der Waals surface area (Å²) in [5, 5.41) is 14.4. The van der Waals surface area contributed by atoms with Crippen molar-refractivity contribution in [1.82, 2.24) is 5.32 Å². The third kappa shape index (κ3) is 4.04. The Morgan fingerprint density at radius 3 is 2.50 bits per heavy atom. The van der Waals surface area contributed by atoms with Gasteiger partial charge >= 0.3 is 0 Å². The molecule has 2 aromatic carbocycles. The van der Waals surface area contributed by atoms with Gasteiger partial charge in [-0.3, -0.25) is 0 Å². The predicted octanol–water partition coefficient (Wildman–Crippen LogP) is 3.52. The Kier molecular flexibility index (Phi) is 5.34. The number of aryl methyl sites for hydroxylation is 2. The average molecular weight is 325 g/mol. The molecule has 0 spiro atoms. The van der Waals surface area contributed by atoms with Gasteiger partial charge < -0.3 is 15.2 Å². The third-order valence-electron chi connectivity index (χ3n) is 4.94. The summed E-state index contributed by atoms with van der Waals surface area (Å²) >= 11 is 0. The van der Waals surface area contributed by atoms with Crippen LogP contribution < -0.4 is 5.32 Å². The lowest BCUT2D eigenvalue weighted by Crippen LogP contribution is -2.46. The summed E-state index contributed by atoms with van der Waals surface area (Å²) in [6.45, 7) is 6.12. The highest BCUT2D eigenvalue weighted by Crippen LogP contribution is 2.28. The summed E-state index contributed by atoms with van der Waals surface area (Å²) in [7, 11) is 0. The topological polar surface area (TPSA) is 41.5 Å². The van der Waals surface area contributed by atoms with Crippen LogP contribution in [-0.2, 0) is 4.74 Å². The largest absolute Gasteiger partial charge is 0.388 e. The molecule has 0 amide bonds. The summed E-state index contributed by atoms with van der Waals surface area (Å²) < 4.78 is 5.39. The van der Waals surface area contributed by atoms with Gasteiger partial charge in [0, 0.05) is 32.6 Å². The molecule has 1 saturated heterocycles. The van der Waals surface area contributed by atoms with Gasteiger partial charge in [0.1, 0.15) is 0 Å². The molecular weight excluding hydrogens is 298 g/mol. The van der Waals surface area contributed by atoms with Crippen LogP contribution in [0.2, 0.25) is 0 Å². The van der Waals surface area contributed by atoms with Crippen molar-refractivity contribution in [3.63, 3.8) is 0 Å². The molecule has 1 heterocycles. The van der Waals surface area contributed by atoms with E-state index in [2.05, 4.69) is 61.6 Å². The molecule has 2 N–H and O–H groups in total. The van der Waals surface area contributed by atoms with E-state index in [1.807, 2.05) is 6.07 Å². The second-order valence-corrected chi connectivity index (χ2v) is 6.92. The van der Waals surface area contributed by atoms with Crippen LogP contribution in [0.1, 0.15) is 41.1 Å². The van der Waals surface area contributed by atoms with Gasteiger partial charge in [-0.15, -0.1) is 0 Å². The highest BCUT2D eigenvalue weighted by atomic mass is 16.5. The molecule has 24 heavy (non-hydrogen) atoms. The first-order valence-corrected chi connectivity index (χ1v) is 8.73. The van der Waals surface area contributed by atoms with Crippen molar-refractivity contribution < 1.29 is 9.84 Å². The van der Waals surface area contributed by atoms with Crippen molar-refractivity contribution in [2.45, 2.75) is 38.3 Å². The molecule has 1 fully saturated rings. The molecule has 128 valence electrons. The van der Waals surface area contributed by atoms with Crippen molar-refractivity contribution in [1.29, 1.82) is 0 Å². The van der Waals surface area contributed by atoms with Crippen LogP contribution in [0.4, 0.5) is 0 Å². The van der Waals surface area contributed by atoms with E-state index in [4.69, 9.17) is 4.74 Å². The first-order chi connectivity index (χ1) is 11.6. The summed E-state index contributed by atoms with van der Waals surface area (Å²) in [5.41, 5.74) is 4.34. The van der Waals surface area contributed by atoms with Crippen molar-refractivity contribution in [3.8, 4) is 0 Å². The molecule has 3 nitrogen and oxygen atoms in total. The van der Waals surface area contributed by atoms with E-state index in [-0.39, 0.29) is 6.04 Å². The zero-order valence-electron chi connectivity index (χ0n) is 14.6. The molecule has 1 atom stereocenters. The van der Waals surface area contributed by atoms with E-state index in [0.29, 0.717) is 32.6 Å². The van der Waals surface area contributed by atoms with Crippen molar-refractivity contribution in [3.05, 3.63) is 70.8 Å². The van der Waals surface area contributed by atoms with E-state index in [1.165, 1.54) is 22.3 Å². The number of hydrogen-bond donors (Lipinski definition) is 2. The zero-order valence-corrected chi connectivity index (χ0v) is 14.6. The number of rotatable bonds is 5. The van der Waals surface area contributed by atoms with Gasteiger partial charge in [0.2, 0.25) is 0 Å². The normalized spacial score (nSPS) is 18.3. The molecule has 0 aliphatic carbocycles. The van der Waals surface area contributed by atoms with E-state index >= 15 is 0 Å². The van der Waals surface area contributed by atoms with Gasteiger partial charge in [-0.05, 0) is 30.5 Å². The number of aliphatic hydroxyl groups is 1. The van der Waals surface area contributed by atoms with Crippen LogP contribution in [0.5, 0.6) is 0 Å². The van der Waals surface area contributed by atoms with E-state index in [1.54, 1.807) is 0 Å². The second kappa shape index (κ2) is 7.47.